The van der Waals surface area contributed by atoms with Crippen molar-refractivity contribution in [3.63, 3.8) is 0 Å². The fourth-order valence-electron chi connectivity index (χ4n) is 1.80. The van der Waals surface area contributed by atoms with Crippen LogP contribution >= 0.6 is 11.6 Å². The van der Waals surface area contributed by atoms with Crippen LogP contribution in [0.4, 0.5) is 0 Å². The molecule has 6 heteroatoms. The maximum atomic E-state index is 11.2. The summed E-state index contributed by atoms with van der Waals surface area (Å²) in [6.45, 7) is 1.97. The largest absolute Gasteiger partial charge is 0.480 e. The maximum absolute atomic E-state index is 11.2. The van der Waals surface area contributed by atoms with E-state index in [1.807, 2.05) is 0 Å². The van der Waals surface area contributed by atoms with E-state index in [0.717, 1.165) is 18.5 Å². The van der Waals surface area contributed by atoms with Gasteiger partial charge in [-0.25, -0.2) is 0 Å². The van der Waals surface area contributed by atoms with Crippen LogP contribution in [0, 0.1) is 12.8 Å². The fourth-order valence-corrected chi connectivity index (χ4v) is 1.94. The maximum Gasteiger partial charge on any atom is 0.325 e. The summed E-state index contributed by atoms with van der Waals surface area (Å²) in [5.41, 5.74) is 5.48. The monoisotopic (exact) mass is 243 g/mol. The van der Waals surface area contributed by atoms with Crippen LogP contribution in [0.25, 0.3) is 0 Å². The van der Waals surface area contributed by atoms with Gasteiger partial charge in [0.05, 0.1) is 23.5 Å². The molecule has 1 aliphatic rings. The van der Waals surface area contributed by atoms with Crippen LogP contribution in [0.5, 0.6) is 0 Å². The Morgan fingerprint density at radius 3 is 2.81 bits per heavy atom. The van der Waals surface area contributed by atoms with E-state index >= 15 is 0 Å². The summed E-state index contributed by atoms with van der Waals surface area (Å²) in [6, 6.07) is 0. The van der Waals surface area contributed by atoms with Gasteiger partial charge < -0.3 is 10.8 Å². The minimum Gasteiger partial charge on any atom is -0.480 e. The Morgan fingerprint density at radius 1 is 1.81 bits per heavy atom. The number of rotatable bonds is 4. The van der Waals surface area contributed by atoms with Crippen LogP contribution in [0.1, 0.15) is 18.5 Å². The summed E-state index contributed by atoms with van der Waals surface area (Å²) in [7, 11) is 0. The zero-order valence-electron chi connectivity index (χ0n) is 8.98. The lowest BCUT2D eigenvalue weighted by atomic mass is 9.94. The molecule has 0 spiro atoms. The van der Waals surface area contributed by atoms with Gasteiger partial charge in [-0.3, -0.25) is 9.48 Å². The molecule has 0 aromatic carbocycles. The molecule has 1 fully saturated rings. The standard InChI is InChI=1S/C10H14ClN3O2/c1-6-8(11)4-13-14(6)5-10(12,9(15)16)7-2-3-7/h4,7H,2-3,5,12H2,1H3,(H,15,16). The molecule has 0 bridgehead atoms. The second-order valence-electron chi connectivity index (χ2n) is 4.36. The summed E-state index contributed by atoms with van der Waals surface area (Å²) in [6.07, 6.45) is 3.25. The number of aromatic nitrogens is 2. The fraction of sp³-hybridized carbons (Fsp3) is 0.600. The molecule has 1 unspecified atom stereocenters. The van der Waals surface area contributed by atoms with Crippen molar-refractivity contribution in [2.24, 2.45) is 11.7 Å². The van der Waals surface area contributed by atoms with Gasteiger partial charge in [0.15, 0.2) is 0 Å². The van der Waals surface area contributed by atoms with E-state index in [0.29, 0.717) is 5.02 Å². The number of nitrogens with zero attached hydrogens (tertiary/aromatic N) is 2. The number of nitrogens with two attached hydrogens (primary N) is 1. The molecule has 0 aliphatic heterocycles. The third-order valence-corrected chi connectivity index (χ3v) is 3.53. The quantitative estimate of drug-likeness (QED) is 0.828. The molecule has 1 aromatic heterocycles. The average molecular weight is 244 g/mol. The number of hydrogen-bond acceptors (Lipinski definition) is 3. The minimum absolute atomic E-state index is 0.0485. The number of carboxylic acids is 1. The number of carboxylic acid groups (broad SMARTS) is 1. The molecule has 0 saturated heterocycles. The van der Waals surface area contributed by atoms with Gasteiger partial charge in [-0.05, 0) is 25.7 Å². The summed E-state index contributed by atoms with van der Waals surface area (Å²) < 4.78 is 1.56. The molecule has 1 atom stereocenters. The van der Waals surface area contributed by atoms with Gasteiger partial charge in [0.25, 0.3) is 0 Å². The Hall–Kier alpha value is -1.07. The Bertz CT molecular complexity index is 428. The van der Waals surface area contributed by atoms with E-state index in [1.165, 1.54) is 6.20 Å². The topological polar surface area (TPSA) is 81.1 Å². The van der Waals surface area contributed by atoms with Crippen LogP contribution in [0.15, 0.2) is 6.20 Å². The zero-order chi connectivity index (χ0) is 11.9. The van der Waals surface area contributed by atoms with Crippen LogP contribution in [0.3, 0.4) is 0 Å². The van der Waals surface area contributed by atoms with Crippen LogP contribution in [-0.4, -0.2) is 26.4 Å². The average Bonchev–Trinajstić information content (AvgIpc) is 3.02. The first-order valence-corrected chi connectivity index (χ1v) is 5.53. The van der Waals surface area contributed by atoms with Crippen molar-refractivity contribution in [1.29, 1.82) is 0 Å². The van der Waals surface area contributed by atoms with Crippen molar-refractivity contribution in [1.82, 2.24) is 9.78 Å². The first kappa shape index (κ1) is 11.4. The van der Waals surface area contributed by atoms with Crippen molar-refractivity contribution in [2.75, 3.05) is 0 Å². The second-order valence-corrected chi connectivity index (χ2v) is 4.76. The van der Waals surface area contributed by atoms with Crippen molar-refractivity contribution in [3.8, 4) is 0 Å². The first-order chi connectivity index (χ1) is 7.45. The lowest BCUT2D eigenvalue weighted by Gasteiger charge is -2.24. The molecule has 2 rings (SSSR count). The normalized spacial score (nSPS) is 19.4. The molecule has 1 aliphatic carbocycles. The molecule has 0 radical (unpaired) electrons. The zero-order valence-corrected chi connectivity index (χ0v) is 9.74. The number of aliphatic carboxylic acids is 1. The highest BCUT2D eigenvalue weighted by Crippen LogP contribution is 2.39. The van der Waals surface area contributed by atoms with E-state index in [4.69, 9.17) is 17.3 Å². The van der Waals surface area contributed by atoms with E-state index in [9.17, 15) is 9.90 Å². The summed E-state index contributed by atoms with van der Waals surface area (Å²) >= 11 is 5.86. The van der Waals surface area contributed by atoms with Gasteiger partial charge in [0.1, 0.15) is 5.54 Å². The Morgan fingerprint density at radius 2 is 2.44 bits per heavy atom. The summed E-state index contributed by atoms with van der Waals surface area (Å²) in [5, 5.41) is 13.8. The predicted octanol–water partition coefficient (Wildman–Crippen LogP) is 1.04. The molecular weight excluding hydrogens is 230 g/mol. The SMILES string of the molecule is Cc1c(Cl)cnn1CC(N)(C(=O)O)C1CC1. The number of carbonyl (C=O) groups is 1. The smallest absolute Gasteiger partial charge is 0.325 e. The molecule has 1 saturated carbocycles. The van der Waals surface area contributed by atoms with Crippen LogP contribution in [0.2, 0.25) is 5.02 Å². The number of halogens is 1. The van der Waals surface area contributed by atoms with Crippen LogP contribution < -0.4 is 5.73 Å². The first-order valence-electron chi connectivity index (χ1n) is 5.15. The predicted molar refractivity (Wildman–Crippen MR) is 59.3 cm³/mol. The van der Waals surface area contributed by atoms with Gasteiger partial charge in [0, 0.05) is 0 Å². The van der Waals surface area contributed by atoms with E-state index in [-0.39, 0.29) is 12.5 Å². The van der Waals surface area contributed by atoms with Crippen molar-refractivity contribution in [3.05, 3.63) is 16.9 Å². The lowest BCUT2D eigenvalue weighted by Crippen LogP contribution is -2.53. The highest BCUT2D eigenvalue weighted by Gasteiger charge is 2.48. The third-order valence-electron chi connectivity index (χ3n) is 3.16. The van der Waals surface area contributed by atoms with Gasteiger partial charge in [-0.1, -0.05) is 11.6 Å². The van der Waals surface area contributed by atoms with Crippen LogP contribution in [-0.2, 0) is 11.3 Å². The Kier molecular flexibility index (Phi) is 2.67. The molecular formula is C10H14ClN3O2. The van der Waals surface area contributed by atoms with Gasteiger partial charge >= 0.3 is 5.97 Å². The molecule has 88 valence electrons. The van der Waals surface area contributed by atoms with Crippen molar-refractivity contribution >= 4 is 17.6 Å². The van der Waals surface area contributed by atoms with Gasteiger partial charge in [-0.2, -0.15) is 5.10 Å². The highest BCUT2D eigenvalue weighted by atomic mass is 35.5. The van der Waals surface area contributed by atoms with Gasteiger partial charge in [-0.15, -0.1) is 0 Å². The van der Waals surface area contributed by atoms with E-state index in [2.05, 4.69) is 5.10 Å². The molecule has 1 aromatic rings. The molecule has 5 nitrogen and oxygen atoms in total. The summed E-state index contributed by atoms with van der Waals surface area (Å²) in [5.74, 6) is -0.923. The Balaban J connectivity index is 2.24. The summed E-state index contributed by atoms with van der Waals surface area (Å²) in [4.78, 5) is 11.2. The highest BCUT2D eigenvalue weighted by molar-refractivity contribution is 6.31. The van der Waals surface area contributed by atoms with E-state index < -0.39 is 11.5 Å². The van der Waals surface area contributed by atoms with Crippen molar-refractivity contribution < 1.29 is 9.90 Å². The lowest BCUT2D eigenvalue weighted by molar-refractivity contribution is -0.145. The third kappa shape index (κ3) is 1.81. The molecule has 16 heavy (non-hydrogen) atoms. The van der Waals surface area contributed by atoms with E-state index in [1.54, 1.807) is 11.6 Å². The molecule has 0 amide bonds. The van der Waals surface area contributed by atoms with Crippen molar-refractivity contribution in [2.45, 2.75) is 31.8 Å². The second kappa shape index (κ2) is 3.75. The Labute approximate surface area is 98.2 Å². The minimum atomic E-state index is -1.22. The molecule has 1 heterocycles. The molecule has 3 N–H and O–H groups in total. The number of hydrogen-bond donors (Lipinski definition) is 2. The van der Waals surface area contributed by atoms with Gasteiger partial charge in [0.2, 0.25) is 0 Å².